The normalized spacial score (nSPS) is 10.1. The van der Waals surface area contributed by atoms with Crippen molar-refractivity contribution in [2.45, 2.75) is 6.61 Å². The van der Waals surface area contributed by atoms with Gasteiger partial charge in [0.2, 0.25) is 0 Å². The molecule has 0 heterocycles. The van der Waals surface area contributed by atoms with E-state index in [9.17, 15) is 4.39 Å². The monoisotopic (exact) mass is 247 g/mol. The van der Waals surface area contributed by atoms with E-state index < -0.39 is 0 Å². The predicted molar refractivity (Wildman–Crippen MR) is 68.1 cm³/mol. The molecule has 0 aliphatic heterocycles. The van der Waals surface area contributed by atoms with E-state index in [1.165, 1.54) is 12.1 Å². The van der Waals surface area contributed by atoms with E-state index in [1.54, 1.807) is 31.4 Å². The minimum atomic E-state index is -0.285. The summed E-state index contributed by atoms with van der Waals surface area (Å²) in [6.45, 7) is 0.342. The highest BCUT2D eigenvalue weighted by molar-refractivity contribution is 5.48. The second kappa shape index (κ2) is 5.40. The van der Waals surface area contributed by atoms with Crippen LogP contribution in [0.2, 0.25) is 0 Å². The van der Waals surface area contributed by atoms with Crippen LogP contribution in [-0.4, -0.2) is 7.11 Å². The van der Waals surface area contributed by atoms with Gasteiger partial charge in [-0.3, -0.25) is 0 Å². The van der Waals surface area contributed by atoms with Crippen LogP contribution in [0, 0.1) is 5.82 Å². The van der Waals surface area contributed by atoms with Crippen LogP contribution in [0.5, 0.6) is 11.5 Å². The minimum absolute atomic E-state index is 0.285. The molecule has 0 bridgehead atoms. The Labute approximate surface area is 105 Å². The van der Waals surface area contributed by atoms with Crippen molar-refractivity contribution in [3.63, 3.8) is 0 Å². The van der Waals surface area contributed by atoms with Crippen molar-refractivity contribution in [2.75, 3.05) is 12.8 Å². The second-order valence-electron chi connectivity index (χ2n) is 3.81. The van der Waals surface area contributed by atoms with Crippen LogP contribution in [0.1, 0.15) is 5.56 Å². The maximum Gasteiger partial charge on any atom is 0.127 e. The first kappa shape index (κ1) is 12.2. The van der Waals surface area contributed by atoms with E-state index in [1.807, 2.05) is 6.07 Å². The number of rotatable bonds is 4. The zero-order valence-electron chi connectivity index (χ0n) is 10.0. The first-order chi connectivity index (χ1) is 8.69. The molecule has 0 radical (unpaired) electrons. The summed E-state index contributed by atoms with van der Waals surface area (Å²) < 4.78 is 23.5. The number of halogens is 1. The van der Waals surface area contributed by atoms with Crippen LogP contribution in [0.25, 0.3) is 0 Å². The van der Waals surface area contributed by atoms with Crippen LogP contribution in [0.15, 0.2) is 42.5 Å². The molecule has 0 aliphatic carbocycles. The summed E-state index contributed by atoms with van der Waals surface area (Å²) in [6, 6.07) is 11.2. The number of hydrogen-bond acceptors (Lipinski definition) is 3. The Hall–Kier alpha value is -2.23. The van der Waals surface area contributed by atoms with E-state index >= 15 is 0 Å². The molecule has 0 spiro atoms. The van der Waals surface area contributed by atoms with Gasteiger partial charge in [0.25, 0.3) is 0 Å². The molecule has 0 fully saturated rings. The summed E-state index contributed by atoms with van der Waals surface area (Å²) in [4.78, 5) is 0. The summed E-state index contributed by atoms with van der Waals surface area (Å²) in [5.74, 6) is 1.000. The van der Waals surface area contributed by atoms with E-state index in [2.05, 4.69) is 0 Å². The van der Waals surface area contributed by atoms with Gasteiger partial charge in [0.05, 0.1) is 7.11 Å². The summed E-state index contributed by atoms with van der Waals surface area (Å²) in [7, 11) is 1.58. The molecule has 0 unspecified atom stereocenters. The van der Waals surface area contributed by atoms with Crippen molar-refractivity contribution in [1.29, 1.82) is 0 Å². The zero-order valence-corrected chi connectivity index (χ0v) is 10.0. The Kier molecular flexibility index (Phi) is 3.67. The van der Waals surface area contributed by atoms with E-state index in [0.717, 1.165) is 5.56 Å². The highest BCUT2D eigenvalue weighted by Gasteiger charge is 2.04. The molecule has 94 valence electrons. The number of methoxy groups -OCH3 is 1. The lowest BCUT2D eigenvalue weighted by atomic mass is 10.2. The smallest absolute Gasteiger partial charge is 0.127 e. The Morgan fingerprint density at radius 1 is 1.11 bits per heavy atom. The fourth-order valence-electron chi connectivity index (χ4n) is 1.57. The predicted octanol–water partition coefficient (Wildman–Crippen LogP) is 3.00. The number of nitrogens with two attached hydrogens (primary N) is 1. The van der Waals surface area contributed by atoms with Gasteiger partial charge in [0.15, 0.2) is 0 Å². The molecule has 0 atom stereocenters. The molecular formula is C14H14FNO2. The maximum absolute atomic E-state index is 12.7. The molecule has 2 N–H and O–H groups in total. The number of ether oxygens (including phenoxy) is 2. The molecule has 0 saturated heterocycles. The van der Waals surface area contributed by atoms with Crippen molar-refractivity contribution in [1.82, 2.24) is 0 Å². The van der Waals surface area contributed by atoms with E-state index in [0.29, 0.717) is 23.8 Å². The van der Waals surface area contributed by atoms with Gasteiger partial charge < -0.3 is 15.2 Å². The topological polar surface area (TPSA) is 44.5 Å². The average molecular weight is 247 g/mol. The molecule has 3 nitrogen and oxygen atoms in total. The number of nitrogen functional groups attached to an aromatic ring is 1. The van der Waals surface area contributed by atoms with Gasteiger partial charge in [0, 0.05) is 17.3 Å². The molecule has 4 heteroatoms. The number of benzene rings is 2. The fourth-order valence-corrected chi connectivity index (χ4v) is 1.57. The first-order valence-corrected chi connectivity index (χ1v) is 5.50. The minimum Gasteiger partial charge on any atom is -0.496 e. The molecule has 0 amide bonds. The van der Waals surface area contributed by atoms with Crippen molar-refractivity contribution >= 4 is 5.69 Å². The van der Waals surface area contributed by atoms with Gasteiger partial charge in [-0.05, 0) is 36.4 Å². The summed E-state index contributed by atoms with van der Waals surface area (Å²) >= 11 is 0. The van der Waals surface area contributed by atoms with E-state index in [4.69, 9.17) is 15.2 Å². The summed E-state index contributed by atoms with van der Waals surface area (Å²) in [5, 5.41) is 0. The summed E-state index contributed by atoms with van der Waals surface area (Å²) in [6.07, 6.45) is 0. The van der Waals surface area contributed by atoms with E-state index in [-0.39, 0.29) is 5.82 Å². The van der Waals surface area contributed by atoms with Crippen LogP contribution in [-0.2, 0) is 6.61 Å². The lowest BCUT2D eigenvalue weighted by molar-refractivity contribution is 0.296. The van der Waals surface area contributed by atoms with Gasteiger partial charge in [-0.25, -0.2) is 4.39 Å². The molecule has 0 aliphatic rings. The number of hydrogen-bond donors (Lipinski definition) is 1. The van der Waals surface area contributed by atoms with Gasteiger partial charge in [-0.2, -0.15) is 0 Å². The van der Waals surface area contributed by atoms with Crippen molar-refractivity contribution in [3.8, 4) is 11.5 Å². The Balaban J connectivity index is 2.08. The quantitative estimate of drug-likeness (QED) is 0.845. The standard InChI is InChI=1S/C14H14FNO2/c1-17-14-8-12(16)5-2-10(14)9-18-13-6-3-11(15)4-7-13/h2-8H,9,16H2,1H3. The van der Waals surface area contributed by atoms with Gasteiger partial charge in [-0.1, -0.05) is 0 Å². The molecule has 0 aromatic heterocycles. The maximum atomic E-state index is 12.7. The Morgan fingerprint density at radius 3 is 2.50 bits per heavy atom. The third kappa shape index (κ3) is 2.91. The average Bonchev–Trinajstić information content (AvgIpc) is 2.39. The van der Waals surface area contributed by atoms with Crippen molar-refractivity contribution < 1.29 is 13.9 Å². The second-order valence-corrected chi connectivity index (χ2v) is 3.81. The molecule has 0 saturated carbocycles. The SMILES string of the molecule is COc1cc(N)ccc1COc1ccc(F)cc1. The van der Waals surface area contributed by atoms with Crippen molar-refractivity contribution in [2.24, 2.45) is 0 Å². The first-order valence-electron chi connectivity index (χ1n) is 5.50. The molecule has 18 heavy (non-hydrogen) atoms. The Bertz CT molecular complexity index is 526. The highest BCUT2D eigenvalue weighted by Crippen LogP contribution is 2.23. The Morgan fingerprint density at radius 2 is 1.83 bits per heavy atom. The zero-order chi connectivity index (χ0) is 13.0. The molecule has 2 aromatic carbocycles. The number of anilines is 1. The lowest BCUT2D eigenvalue weighted by Gasteiger charge is -2.10. The van der Waals surface area contributed by atoms with Crippen LogP contribution in [0.4, 0.5) is 10.1 Å². The van der Waals surface area contributed by atoms with Gasteiger partial charge >= 0.3 is 0 Å². The van der Waals surface area contributed by atoms with Crippen molar-refractivity contribution in [3.05, 3.63) is 53.8 Å². The molecule has 2 rings (SSSR count). The van der Waals surface area contributed by atoms with Crippen LogP contribution < -0.4 is 15.2 Å². The third-order valence-electron chi connectivity index (χ3n) is 2.52. The molecule has 2 aromatic rings. The third-order valence-corrected chi connectivity index (χ3v) is 2.52. The fraction of sp³-hybridized carbons (Fsp3) is 0.143. The van der Waals surface area contributed by atoms with Crippen LogP contribution >= 0.6 is 0 Å². The van der Waals surface area contributed by atoms with Crippen LogP contribution in [0.3, 0.4) is 0 Å². The van der Waals surface area contributed by atoms with Gasteiger partial charge in [-0.15, -0.1) is 0 Å². The summed E-state index contributed by atoms with van der Waals surface area (Å²) in [5.41, 5.74) is 7.19. The highest BCUT2D eigenvalue weighted by atomic mass is 19.1. The molecular weight excluding hydrogens is 233 g/mol. The largest absolute Gasteiger partial charge is 0.496 e. The lowest BCUT2D eigenvalue weighted by Crippen LogP contribution is -1.99. The van der Waals surface area contributed by atoms with Gasteiger partial charge in [0.1, 0.15) is 23.9 Å².